The van der Waals surface area contributed by atoms with E-state index in [1.54, 1.807) is 14.2 Å². The number of carbonyl (C=O) groups excluding carboxylic acids is 1. The molecule has 0 spiro atoms. The summed E-state index contributed by atoms with van der Waals surface area (Å²) in [6.45, 7) is 2.55. The summed E-state index contributed by atoms with van der Waals surface area (Å²) in [7, 11) is 3.26. The Kier molecular flexibility index (Phi) is 7.69. The van der Waals surface area contributed by atoms with E-state index in [2.05, 4.69) is 53.6 Å². The van der Waals surface area contributed by atoms with Crippen molar-refractivity contribution in [2.75, 3.05) is 42.8 Å². The number of rotatable bonds is 9. The van der Waals surface area contributed by atoms with E-state index in [0.29, 0.717) is 36.5 Å². The molecular weight excluding hydrogens is 626 g/mol. The Hall–Kier alpha value is -4.42. The van der Waals surface area contributed by atoms with Crippen LogP contribution in [0.15, 0.2) is 65.5 Å². The van der Waals surface area contributed by atoms with Crippen LogP contribution in [0.4, 0.5) is 17.3 Å². The van der Waals surface area contributed by atoms with E-state index in [4.69, 9.17) is 19.2 Å². The summed E-state index contributed by atoms with van der Waals surface area (Å²) in [6.07, 6.45) is 4.98. The zero-order chi connectivity index (χ0) is 30.2. The van der Waals surface area contributed by atoms with E-state index >= 15 is 0 Å². The van der Waals surface area contributed by atoms with Crippen molar-refractivity contribution in [1.82, 2.24) is 19.5 Å². The van der Waals surface area contributed by atoms with Crippen LogP contribution in [0.1, 0.15) is 31.1 Å². The molecule has 44 heavy (non-hydrogen) atoms. The highest BCUT2D eigenvalue weighted by Crippen LogP contribution is 2.37. The van der Waals surface area contributed by atoms with Crippen LogP contribution >= 0.6 is 15.9 Å². The van der Waals surface area contributed by atoms with Crippen LogP contribution in [0.3, 0.4) is 0 Å². The smallest absolute Gasteiger partial charge is 0.253 e. The van der Waals surface area contributed by atoms with Gasteiger partial charge in [0.05, 0.1) is 25.1 Å². The van der Waals surface area contributed by atoms with E-state index < -0.39 is 6.10 Å². The van der Waals surface area contributed by atoms with Gasteiger partial charge in [-0.25, -0.2) is 15.0 Å². The predicted octanol–water partition coefficient (Wildman–Crippen LogP) is 5.90. The fourth-order valence-corrected chi connectivity index (χ4v) is 6.30. The Morgan fingerprint density at radius 2 is 1.93 bits per heavy atom. The molecule has 3 aromatic heterocycles. The van der Waals surface area contributed by atoms with E-state index in [1.165, 1.54) is 12.7 Å². The number of aromatic nitrogens is 4. The van der Waals surface area contributed by atoms with Crippen LogP contribution in [0.5, 0.6) is 11.5 Å². The van der Waals surface area contributed by atoms with Crippen LogP contribution in [-0.4, -0.2) is 58.8 Å². The normalized spacial score (nSPS) is 17.9. The standard InChI is InChI=1S/C32H32BrN7O4/c1-42-22-8-5-20(26(15-22)43-2)16-34-30-29-23(33)17-40(31(29)36-18-35-30)28-11-9-25(44-28)32(41)37-21-7-4-19-6-10-27(38-24(19)14-21)39-12-3-13-39/h4-8,10,14-15,17-18,25,28H,3,9,11-13,16H2,1-2H3,(H,37,41)(H,34,35,36). The highest BCUT2D eigenvalue weighted by Gasteiger charge is 2.33. The number of halogens is 1. The minimum absolute atomic E-state index is 0.174. The number of ether oxygens (including phenoxy) is 3. The molecule has 5 heterocycles. The molecule has 0 saturated carbocycles. The van der Waals surface area contributed by atoms with Crippen molar-refractivity contribution in [3.63, 3.8) is 0 Å². The predicted molar refractivity (Wildman–Crippen MR) is 172 cm³/mol. The first kappa shape index (κ1) is 28.4. The zero-order valence-corrected chi connectivity index (χ0v) is 26.0. The molecule has 2 fully saturated rings. The topological polar surface area (TPSA) is 116 Å². The largest absolute Gasteiger partial charge is 0.497 e. The van der Waals surface area contributed by atoms with Crippen molar-refractivity contribution >= 4 is 61.1 Å². The van der Waals surface area contributed by atoms with Gasteiger partial charge in [0.15, 0.2) is 0 Å². The summed E-state index contributed by atoms with van der Waals surface area (Å²) >= 11 is 3.69. The third kappa shape index (κ3) is 5.39. The zero-order valence-electron chi connectivity index (χ0n) is 24.4. The SMILES string of the molecule is COc1ccc(CNc2ncnc3c2c(Br)cn3C2CCC(C(=O)Nc3ccc4ccc(N5CCC5)nc4c3)O2)c(OC)c1. The number of fused-ring (bicyclic) bond motifs is 2. The minimum Gasteiger partial charge on any atom is -0.497 e. The Morgan fingerprint density at radius 3 is 2.73 bits per heavy atom. The average Bonchev–Trinajstić information content (AvgIpc) is 3.64. The number of pyridine rings is 1. The first-order valence-electron chi connectivity index (χ1n) is 14.6. The average molecular weight is 659 g/mol. The molecule has 0 radical (unpaired) electrons. The number of nitrogens with one attached hydrogen (secondary N) is 2. The molecule has 2 aromatic carbocycles. The van der Waals surface area contributed by atoms with Gasteiger partial charge in [0.1, 0.15) is 47.4 Å². The first-order chi connectivity index (χ1) is 21.5. The second kappa shape index (κ2) is 11.9. The molecule has 5 aromatic rings. The molecule has 2 N–H and O–H groups in total. The molecule has 226 valence electrons. The molecule has 0 aliphatic carbocycles. The Labute approximate surface area is 262 Å². The minimum atomic E-state index is -0.589. The van der Waals surface area contributed by atoms with Gasteiger partial charge in [-0.15, -0.1) is 0 Å². The second-order valence-electron chi connectivity index (χ2n) is 10.9. The molecular formula is C32H32BrN7O4. The van der Waals surface area contributed by atoms with E-state index in [9.17, 15) is 4.79 Å². The first-order valence-corrected chi connectivity index (χ1v) is 15.4. The molecule has 12 heteroatoms. The number of methoxy groups -OCH3 is 2. The fraction of sp³-hybridized carbons (Fsp3) is 0.312. The molecule has 2 aliphatic heterocycles. The monoisotopic (exact) mass is 657 g/mol. The van der Waals surface area contributed by atoms with E-state index in [1.807, 2.05) is 47.2 Å². The number of amides is 1. The molecule has 2 unspecified atom stereocenters. The van der Waals surface area contributed by atoms with Crippen LogP contribution in [0.25, 0.3) is 21.9 Å². The van der Waals surface area contributed by atoms with Gasteiger partial charge in [0.2, 0.25) is 0 Å². The Bertz CT molecular complexity index is 1860. The van der Waals surface area contributed by atoms with Gasteiger partial charge in [-0.05, 0) is 71.6 Å². The van der Waals surface area contributed by atoms with Gasteiger partial charge in [0.25, 0.3) is 5.91 Å². The maximum Gasteiger partial charge on any atom is 0.253 e. The van der Waals surface area contributed by atoms with Crippen molar-refractivity contribution in [2.45, 2.75) is 38.1 Å². The number of carbonyl (C=O) groups is 1. The highest BCUT2D eigenvalue weighted by molar-refractivity contribution is 9.10. The maximum atomic E-state index is 13.3. The number of anilines is 3. The molecule has 2 atom stereocenters. The lowest BCUT2D eigenvalue weighted by Gasteiger charge is -2.32. The Morgan fingerprint density at radius 1 is 1.07 bits per heavy atom. The summed E-state index contributed by atoms with van der Waals surface area (Å²) < 4.78 is 19.9. The summed E-state index contributed by atoms with van der Waals surface area (Å²) in [5, 5.41) is 8.32. The fourth-order valence-electron chi connectivity index (χ4n) is 5.72. The number of nitrogens with zero attached hydrogens (tertiary/aromatic N) is 5. The van der Waals surface area contributed by atoms with Gasteiger partial charge >= 0.3 is 0 Å². The van der Waals surface area contributed by atoms with Gasteiger partial charge in [-0.3, -0.25) is 4.79 Å². The van der Waals surface area contributed by atoms with E-state index in [0.717, 1.165) is 56.7 Å². The lowest BCUT2D eigenvalue weighted by Crippen LogP contribution is -2.37. The Balaban J connectivity index is 1.05. The van der Waals surface area contributed by atoms with Crippen LogP contribution in [-0.2, 0) is 16.1 Å². The van der Waals surface area contributed by atoms with Crippen molar-refractivity contribution in [2.24, 2.45) is 0 Å². The van der Waals surface area contributed by atoms with Crippen molar-refractivity contribution in [3.05, 3.63) is 71.1 Å². The maximum absolute atomic E-state index is 13.3. The van der Waals surface area contributed by atoms with E-state index in [-0.39, 0.29) is 12.1 Å². The molecule has 2 aliphatic rings. The lowest BCUT2D eigenvalue weighted by atomic mass is 10.1. The second-order valence-corrected chi connectivity index (χ2v) is 11.8. The third-order valence-electron chi connectivity index (χ3n) is 8.23. The number of hydrogen-bond acceptors (Lipinski definition) is 9. The highest BCUT2D eigenvalue weighted by atomic mass is 79.9. The summed E-state index contributed by atoms with van der Waals surface area (Å²) in [5.41, 5.74) is 3.23. The summed E-state index contributed by atoms with van der Waals surface area (Å²) in [4.78, 5) is 29.4. The van der Waals surface area contributed by atoms with Crippen molar-refractivity contribution in [3.8, 4) is 11.5 Å². The van der Waals surface area contributed by atoms with Gasteiger partial charge in [-0.2, -0.15) is 0 Å². The molecule has 11 nitrogen and oxygen atoms in total. The number of benzene rings is 2. The molecule has 0 bridgehead atoms. The van der Waals surface area contributed by atoms with Gasteiger partial charge in [0, 0.05) is 53.0 Å². The quantitative estimate of drug-likeness (QED) is 0.200. The van der Waals surface area contributed by atoms with Crippen LogP contribution < -0.4 is 25.0 Å². The van der Waals surface area contributed by atoms with Gasteiger partial charge < -0.3 is 34.3 Å². The van der Waals surface area contributed by atoms with Crippen LogP contribution in [0.2, 0.25) is 0 Å². The molecule has 2 saturated heterocycles. The van der Waals surface area contributed by atoms with Crippen molar-refractivity contribution in [1.29, 1.82) is 0 Å². The lowest BCUT2D eigenvalue weighted by molar-refractivity contribution is -0.128. The van der Waals surface area contributed by atoms with Crippen molar-refractivity contribution < 1.29 is 19.0 Å². The molecule has 7 rings (SSSR count). The third-order valence-corrected chi connectivity index (χ3v) is 8.83. The molecule has 1 amide bonds. The van der Waals surface area contributed by atoms with Crippen LogP contribution in [0, 0.1) is 0 Å². The van der Waals surface area contributed by atoms with Gasteiger partial charge in [-0.1, -0.05) is 6.07 Å². The number of hydrogen-bond donors (Lipinski definition) is 2. The summed E-state index contributed by atoms with van der Waals surface area (Å²) in [5.74, 6) is 2.92. The summed E-state index contributed by atoms with van der Waals surface area (Å²) in [6, 6.07) is 15.6.